The van der Waals surface area contributed by atoms with E-state index in [1.807, 2.05) is 0 Å². The SMILES string of the molecule is CC(=O)NCC(=O)c1ccn2cccc(F)c12. The fraction of sp³-hybridized carbons (Fsp3) is 0.167. The van der Waals surface area contributed by atoms with E-state index >= 15 is 0 Å². The van der Waals surface area contributed by atoms with Gasteiger partial charge in [0, 0.05) is 24.9 Å². The number of nitrogens with zero attached hydrogens (tertiary/aromatic N) is 1. The Balaban J connectivity index is 2.36. The molecule has 0 spiro atoms. The van der Waals surface area contributed by atoms with Gasteiger partial charge in [-0.25, -0.2) is 4.39 Å². The predicted octanol–water partition coefficient (Wildman–Crippen LogP) is 1.40. The van der Waals surface area contributed by atoms with Gasteiger partial charge < -0.3 is 9.72 Å². The molecule has 0 radical (unpaired) electrons. The molecule has 0 aliphatic heterocycles. The monoisotopic (exact) mass is 234 g/mol. The molecule has 2 aromatic rings. The number of hydrogen-bond donors (Lipinski definition) is 1. The molecule has 0 aliphatic carbocycles. The molecular formula is C12H11FN2O2. The average molecular weight is 234 g/mol. The van der Waals surface area contributed by atoms with Crippen molar-refractivity contribution in [3.8, 4) is 0 Å². The molecule has 2 rings (SSSR count). The quantitative estimate of drug-likeness (QED) is 0.816. The van der Waals surface area contributed by atoms with Crippen molar-refractivity contribution < 1.29 is 14.0 Å². The molecule has 2 aromatic heterocycles. The lowest BCUT2D eigenvalue weighted by atomic mass is 10.1. The third-order valence-electron chi connectivity index (χ3n) is 2.43. The molecule has 88 valence electrons. The largest absolute Gasteiger partial charge is 0.349 e. The molecule has 0 saturated heterocycles. The smallest absolute Gasteiger partial charge is 0.217 e. The van der Waals surface area contributed by atoms with Crippen molar-refractivity contribution in [1.29, 1.82) is 0 Å². The number of Topliss-reactive ketones (excluding diaryl/α,β-unsaturated/α-hetero) is 1. The summed E-state index contributed by atoms with van der Waals surface area (Å²) in [7, 11) is 0. The van der Waals surface area contributed by atoms with Crippen molar-refractivity contribution in [2.45, 2.75) is 6.92 Å². The molecule has 0 atom stereocenters. The van der Waals surface area contributed by atoms with Crippen molar-refractivity contribution in [3.05, 3.63) is 42.0 Å². The van der Waals surface area contributed by atoms with E-state index in [-0.39, 0.29) is 29.3 Å². The van der Waals surface area contributed by atoms with Gasteiger partial charge in [0.2, 0.25) is 5.91 Å². The van der Waals surface area contributed by atoms with Crippen LogP contribution in [0.3, 0.4) is 0 Å². The number of aromatic nitrogens is 1. The van der Waals surface area contributed by atoms with Crippen LogP contribution in [0.5, 0.6) is 0 Å². The maximum Gasteiger partial charge on any atom is 0.217 e. The molecule has 1 N–H and O–H groups in total. The van der Waals surface area contributed by atoms with Crippen LogP contribution in [0.4, 0.5) is 4.39 Å². The van der Waals surface area contributed by atoms with Crippen LogP contribution in [0.15, 0.2) is 30.6 Å². The second-order valence-electron chi connectivity index (χ2n) is 3.67. The highest BCUT2D eigenvalue weighted by atomic mass is 19.1. The zero-order valence-electron chi connectivity index (χ0n) is 9.24. The Morgan fingerprint density at radius 3 is 2.82 bits per heavy atom. The highest BCUT2D eigenvalue weighted by molar-refractivity contribution is 6.04. The number of carbonyl (C=O) groups excluding carboxylic acids is 2. The van der Waals surface area contributed by atoms with Crippen LogP contribution < -0.4 is 5.32 Å². The third kappa shape index (κ3) is 2.18. The first-order valence-corrected chi connectivity index (χ1v) is 5.12. The number of pyridine rings is 1. The van der Waals surface area contributed by atoms with Gasteiger partial charge in [-0.05, 0) is 18.2 Å². The second-order valence-corrected chi connectivity index (χ2v) is 3.67. The number of nitrogens with one attached hydrogen (secondary N) is 1. The Bertz CT molecular complexity index is 589. The maximum atomic E-state index is 13.6. The van der Waals surface area contributed by atoms with Crippen LogP contribution in [0.2, 0.25) is 0 Å². The van der Waals surface area contributed by atoms with Gasteiger partial charge in [0.05, 0.1) is 12.1 Å². The molecule has 4 nitrogen and oxygen atoms in total. The highest BCUT2D eigenvalue weighted by Crippen LogP contribution is 2.16. The summed E-state index contributed by atoms with van der Waals surface area (Å²) in [6.45, 7) is 1.20. The van der Waals surface area contributed by atoms with Crippen molar-refractivity contribution in [2.75, 3.05) is 6.54 Å². The lowest BCUT2D eigenvalue weighted by molar-refractivity contribution is -0.118. The Kier molecular flexibility index (Phi) is 2.91. The Labute approximate surface area is 97.0 Å². The van der Waals surface area contributed by atoms with E-state index in [4.69, 9.17) is 0 Å². The second kappa shape index (κ2) is 4.37. The van der Waals surface area contributed by atoms with Crippen LogP contribution >= 0.6 is 0 Å². The van der Waals surface area contributed by atoms with Gasteiger partial charge in [-0.3, -0.25) is 9.59 Å². The van der Waals surface area contributed by atoms with Crippen LogP contribution in [-0.4, -0.2) is 22.6 Å². The molecule has 2 heterocycles. The molecular weight excluding hydrogens is 223 g/mol. The van der Waals surface area contributed by atoms with Gasteiger partial charge in [0.1, 0.15) is 5.82 Å². The summed E-state index contributed by atoms with van der Waals surface area (Å²) >= 11 is 0. The van der Waals surface area contributed by atoms with Gasteiger partial charge >= 0.3 is 0 Å². The number of ketones is 1. The summed E-state index contributed by atoms with van der Waals surface area (Å²) in [5.41, 5.74) is 0.514. The van der Waals surface area contributed by atoms with Gasteiger partial charge in [0.15, 0.2) is 5.78 Å². The molecule has 0 aliphatic rings. The first kappa shape index (κ1) is 11.3. The predicted molar refractivity (Wildman–Crippen MR) is 60.4 cm³/mol. The number of carbonyl (C=O) groups is 2. The van der Waals surface area contributed by atoms with Gasteiger partial charge in [0.25, 0.3) is 0 Å². The minimum atomic E-state index is -0.455. The summed E-state index contributed by atoms with van der Waals surface area (Å²) < 4.78 is 15.1. The molecule has 0 bridgehead atoms. The van der Waals surface area contributed by atoms with Gasteiger partial charge in [-0.2, -0.15) is 0 Å². The van der Waals surface area contributed by atoms with Crippen molar-refractivity contribution in [3.63, 3.8) is 0 Å². The number of hydrogen-bond acceptors (Lipinski definition) is 2. The highest BCUT2D eigenvalue weighted by Gasteiger charge is 2.14. The Hall–Kier alpha value is -2.17. The molecule has 1 amide bonds. The zero-order chi connectivity index (χ0) is 12.4. The van der Waals surface area contributed by atoms with E-state index in [0.717, 1.165) is 0 Å². The first-order valence-electron chi connectivity index (χ1n) is 5.12. The first-order chi connectivity index (χ1) is 8.09. The molecule has 0 saturated carbocycles. The van der Waals surface area contributed by atoms with E-state index in [0.29, 0.717) is 0 Å². The van der Waals surface area contributed by atoms with Crippen LogP contribution in [0, 0.1) is 5.82 Å². The molecule has 17 heavy (non-hydrogen) atoms. The minimum absolute atomic E-state index is 0.122. The zero-order valence-corrected chi connectivity index (χ0v) is 9.24. The summed E-state index contributed by atoms with van der Waals surface area (Å²) in [5, 5.41) is 2.40. The third-order valence-corrected chi connectivity index (χ3v) is 2.43. The molecule has 0 unspecified atom stereocenters. The topological polar surface area (TPSA) is 50.6 Å². The summed E-state index contributed by atoms with van der Waals surface area (Å²) in [5.74, 6) is -1.06. The number of amides is 1. The van der Waals surface area contributed by atoms with Crippen molar-refractivity contribution in [2.24, 2.45) is 0 Å². The number of rotatable bonds is 3. The van der Waals surface area contributed by atoms with Gasteiger partial charge in [-0.1, -0.05) is 0 Å². The van der Waals surface area contributed by atoms with Crippen molar-refractivity contribution in [1.82, 2.24) is 9.72 Å². The van der Waals surface area contributed by atoms with Crippen LogP contribution in [0.1, 0.15) is 17.3 Å². The van der Waals surface area contributed by atoms with Crippen LogP contribution in [0.25, 0.3) is 5.52 Å². The standard InChI is InChI=1S/C12H11FN2O2/c1-8(16)14-7-11(17)9-4-6-15-5-2-3-10(13)12(9)15/h2-6H,7H2,1H3,(H,14,16). The molecule has 0 aromatic carbocycles. The summed E-state index contributed by atoms with van der Waals surface area (Å²) in [6.07, 6.45) is 3.27. The van der Waals surface area contributed by atoms with E-state index in [9.17, 15) is 14.0 Å². The molecule has 5 heteroatoms. The maximum absolute atomic E-state index is 13.6. The molecule has 0 fully saturated rings. The summed E-state index contributed by atoms with van der Waals surface area (Å²) in [6, 6.07) is 4.40. The fourth-order valence-corrected chi connectivity index (χ4v) is 1.65. The van der Waals surface area contributed by atoms with Gasteiger partial charge in [-0.15, -0.1) is 0 Å². The Morgan fingerprint density at radius 1 is 1.35 bits per heavy atom. The number of fused-ring (bicyclic) bond motifs is 1. The average Bonchev–Trinajstić information content (AvgIpc) is 2.71. The lowest BCUT2D eigenvalue weighted by Gasteiger charge is -2.02. The minimum Gasteiger partial charge on any atom is -0.349 e. The Morgan fingerprint density at radius 2 is 2.12 bits per heavy atom. The van der Waals surface area contributed by atoms with E-state index in [2.05, 4.69) is 5.32 Å². The van der Waals surface area contributed by atoms with E-state index < -0.39 is 5.82 Å². The van der Waals surface area contributed by atoms with E-state index in [1.165, 1.54) is 17.4 Å². The summed E-state index contributed by atoms with van der Waals surface area (Å²) in [4.78, 5) is 22.5. The normalized spacial score (nSPS) is 10.5. The number of halogens is 1. The fourth-order valence-electron chi connectivity index (χ4n) is 1.65. The van der Waals surface area contributed by atoms with Crippen molar-refractivity contribution >= 4 is 17.2 Å². The lowest BCUT2D eigenvalue weighted by Crippen LogP contribution is -2.27. The van der Waals surface area contributed by atoms with Crippen LogP contribution in [-0.2, 0) is 4.79 Å². The van der Waals surface area contributed by atoms with E-state index in [1.54, 1.807) is 24.5 Å².